The van der Waals surface area contributed by atoms with E-state index in [0.29, 0.717) is 24.3 Å². The number of nitro groups is 1. The van der Waals surface area contributed by atoms with E-state index < -0.39 is 4.92 Å². The van der Waals surface area contributed by atoms with Gasteiger partial charge in [0.05, 0.1) is 9.26 Å². The van der Waals surface area contributed by atoms with Crippen LogP contribution in [0.25, 0.3) is 0 Å². The normalized spacial score (nSPS) is 15.1. The molecule has 1 fully saturated rings. The molecule has 0 bridgehead atoms. The highest BCUT2D eigenvalue weighted by Gasteiger charge is 2.25. The maximum Gasteiger partial charge on any atom is 0.293 e. The van der Waals surface area contributed by atoms with Crippen molar-refractivity contribution in [2.45, 2.75) is 26.4 Å². The zero-order chi connectivity index (χ0) is 20.3. The van der Waals surface area contributed by atoms with Gasteiger partial charge < -0.3 is 10.2 Å². The number of piperazine rings is 1. The van der Waals surface area contributed by atoms with Crippen LogP contribution in [0.5, 0.6) is 0 Å². The Morgan fingerprint density at radius 3 is 2.54 bits per heavy atom. The number of hydrogen-bond donors (Lipinski definition) is 1. The predicted octanol–water partition coefficient (Wildman–Crippen LogP) is 3.77. The second kappa shape index (κ2) is 8.89. The molecule has 3 rings (SSSR count). The lowest BCUT2D eigenvalue weighted by atomic mass is 10.1. The molecule has 0 unspecified atom stereocenters. The van der Waals surface area contributed by atoms with Gasteiger partial charge in [-0.1, -0.05) is 11.6 Å². The summed E-state index contributed by atoms with van der Waals surface area (Å²) in [7, 11) is 0. The zero-order valence-electron chi connectivity index (χ0n) is 15.9. The molecular formula is C19H23ClN4O3S. The minimum absolute atomic E-state index is 0.0301. The van der Waals surface area contributed by atoms with Gasteiger partial charge in [0, 0.05) is 55.3 Å². The fraction of sp³-hybridized carbons (Fsp3) is 0.421. The standard InChI is InChI=1S/C19H23ClN4O3S/c1-13(2)21-19(25)14-3-5-16(17(11-14)24(26)27)23-9-7-22(8-10-23)12-15-4-6-18(20)28-15/h3-6,11,13H,7-10,12H2,1-2H3,(H,21,25). The Morgan fingerprint density at radius 2 is 1.96 bits per heavy atom. The second-order valence-electron chi connectivity index (χ2n) is 7.06. The molecule has 1 amide bonds. The fourth-order valence-corrected chi connectivity index (χ4v) is 4.36. The van der Waals surface area contributed by atoms with E-state index in [0.717, 1.165) is 24.0 Å². The molecule has 1 N–H and O–H groups in total. The van der Waals surface area contributed by atoms with Gasteiger partial charge in [-0.15, -0.1) is 11.3 Å². The van der Waals surface area contributed by atoms with Crippen LogP contribution in [0.1, 0.15) is 29.1 Å². The van der Waals surface area contributed by atoms with Crippen LogP contribution in [0.2, 0.25) is 4.34 Å². The number of thiophene rings is 1. The number of hydrogen-bond acceptors (Lipinski definition) is 6. The van der Waals surface area contributed by atoms with Gasteiger partial charge in [-0.3, -0.25) is 19.8 Å². The summed E-state index contributed by atoms with van der Waals surface area (Å²) >= 11 is 7.57. The Bertz CT molecular complexity index is 863. The van der Waals surface area contributed by atoms with Crippen molar-refractivity contribution in [3.05, 3.63) is 55.2 Å². The van der Waals surface area contributed by atoms with Crippen LogP contribution >= 0.6 is 22.9 Å². The number of anilines is 1. The van der Waals surface area contributed by atoms with Crippen LogP contribution < -0.4 is 10.2 Å². The van der Waals surface area contributed by atoms with Crippen molar-refractivity contribution < 1.29 is 9.72 Å². The van der Waals surface area contributed by atoms with E-state index in [1.807, 2.05) is 30.9 Å². The molecule has 1 aliphatic heterocycles. The molecule has 28 heavy (non-hydrogen) atoms. The Balaban J connectivity index is 1.69. The summed E-state index contributed by atoms with van der Waals surface area (Å²) in [6.45, 7) is 7.54. The highest BCUT2D eigenvalue weighted by molar-refractivity contribution is 7.16. The summed E-state index contributed by atoms with van der Waals surface area (Å²) in [4.78, 5) is 28.9. The molecule has 1 aromatic heterocycles. The number of amides is 1. The molecule has 9 heteroatoms. The van der Waals surface area contributed by atoms with Gasteiger partial charge in [0.2, 0.25) is 0 Å². The molecule has 0 atom stereocenters. The number of nitrogens with one attached hydrogen (secondary N) is 1. The van der Waals surface area contributed by atoms with E-state index in [9.17, 15) is 14.9 Å². The van der Waals surface area contributed by atoms with Crippen LogP contribution in [0.15, 0.2) is 30.3 Å². The molecule has 7 nitrogen and oxygen atoms in total. The summed E-state index contributed by atoms with van der Waals surface area (Å²) in [6, 6.07) is 8.61. The number of carbonyl (C=O) groups excluding carboxylic acids is 1. The number of nitro benzene ring substituents is 1. The summed E-state index contributed by atoms with van der Waals surface area (Å²) in [6.07, 6.45) is 0. The lowest BCUT2D eigenvalue weighted by Gasteiger charge is -2.35. The maximum atomic E-state index is 12.2. The summed E-state index contributed by atoms with van der Waals surface area (Å²) in [5, 5.41) is 14.4. The van der Waals surface area contributed by atoms with E-state index in [1.165, 1.54) is 10.9 Å². The van der Waals surface area contributed by atoms with Crippen molar-refractivity contribution in [3.8, 4) is 0 Å². The SMILES string of the molecule is CC(C)NC(=O)c1ccc(N2CCN(Cc3ccc(Cl)s3)CC2)c([N+](=O)[O-])c1. The smallest absolute Gasteiger partial charge is 0.293 e. The Morgan fingerprint density at radius 1 is 1.25 bits per heavy atom. The van der Waals surface area contributed by atoms with E-state index in [1.54, 1.807) is 23.5 Å². The van der Waals surface area contributed by atoms with Crippen molar-refractivity contribution >= 4 is 40.2 Å². The van der Waals surface area contributed by atoms with Crippen LogP contribution in [0.4, 0.5) is 11.4 Å². The molecule has 1 saturated heterocycles. The van der Waals surface area contributed by atoms with Crippen molar-refractivity contribution in [1.29, 1.82) is 0 Å². The van der Waals surface area contributed by atoms with Crippen LogP contribution in [-0.2, 0) is 6.54 Å². The minimum atomic E-state index is -0.415. The van der Waals surface area contributed by atoms with Crippen LogP contribution in [-0.4, -0.2) is 48.0 Å². The molecule has 0 radical (unpaired) electrons. The first-order chi connectivity index (χ1) is 13.3. The van der Waals surface area contributed by atoms with Gasteiger partial charge in [0.1, 0.15) is 5.69 Å². The van der Waals surface area contributed by atoms with E-state index in [2.05, 4.69) is 10.2 Å². The second-order valence-corrected chi connectivity index (χ2v) is 8.86. The highest BCUT2D eigenvalue weighted by atomic mass is 35.5. The molecule has 1 aromatic carbocycles. The number of halogens is 1. The fourth-order valence-electron chi connectivity index (χ4n) is 3.23. The zero-order valence-corrected chi connectivity index (χ0v) is 17.4. The van der Waals surface area contributed by atoms with E-state index >= 15 is 0 Å². The summed E-state index contributed by atoms with van der Waals surface area (Å²) < 4.78 is 0.783. The molecule has 0 saturated carbocycles. The Hall–Kier alpha value is -2.16. The quantitative estimate of drug-likeness (QED) is 0.566. The summed E-state index contributed by atoms with van der Waals surface area (Å²) in [5.74, 6) is -0.302. The first-order valence-corrected chi connectivity index (χ1v) is 10.3. The van der Waals surface area contributed by atoms with Gasteiger partial charge in [0.15, 0.2) is 0 Å². The molecule has 0 aliphatic carbocycles. The van der Waals surface area contributed by atoms with Crippen LogP contribution in [0.3, 0.4) is 0 Å². The van der Waals surface area contributed by atoms with Gasteiger partial charge in [-0.25, -0.2) is 0 Å². The molecule has 0 spiro atoms. The molecule has 2 heterocycles. The molecular weight excluding hydrogens is 400 g/mol. The number of nitrogens with zero attached hydrogens (tertiary/aromatic N) is 3. The Kier molecular flexibility index (Phi) is 6.53. The lowest BCUT2D eigenvalue weighted by Crippen LogP contribution is -2.46. The number of rotatable bonds is 6. The first-order valence-electron chi connectivity index (χ1n) is 9.14. The van der Waals surface area contributed by atoms with Gasteiger partial charge in [0.25, 0.3) is 11.6 Å². The van der Waals surface area contributed by atoms with Gasteiger partial charge in [-0.05, 0) is 38.1 Å². The summed E-state index contributed by atoms with van der Waals surface area (Å²) in [5.41, 5.74) is 0.831. The first kappa shape index (κ1) is 20.6. The third-order valence-electron chi connectivity index (χ3n) is 4.58. The van der Waals surface area contributed by atoms with E-state index in [4.69, 9.17) is 11.6 Å². The maximum absolute atomic E-state index is 12.2. The minimum Gasteiger partial charge on any atom is -0.363 e. The van der Waals surface area contributed by atoms with E-state index in [-0.39, 0.29) is 17.6 Å². The van der Waals surface area contributed by atoms with Gasteiger partial charge >= 0.3 is 0 Å². The predicted molar refractivity (Wildman–Crippen MR) is 113 cm³/mol. The van der Waals surface area contributed by atoms with Gasteiger partial charge in [-0.2, -0.15) is 0 Å². The van der Waals surface area contributed by atoms with Crippen molar-refractivity contribution in [1.82, 2.24) is 10.2 Å². The lowest BCUT2D eigenvalue weighted by molar-refractivity contribution is -0.384. The topological polar surface area (TPSA) is 78.7 Å². The highest BCUT2D eigenvalue weighted by Crippen LogP contribution is 2.31. The van der Waals surface area contributed by atoms with Crippen LogP contribution in [0, 0.1) is 10.1 Å². The third kappa shape index (κ3) is 5.01. The monoisotopic (exact) mass is 422 g/mol. The Labute approximate surface area is 173 Å². The largest absolute Gasteiger partial charge is 0.363 e. The van der Waals surface area contributed by atoms with Crippen molar-refractivity contribution in [2.24, 2.45) is 0 Å². The molecule has 150 valence electrons. The van der Waals surface area contributed by atoms with Crippen molar-refractivity contribution in [3.63, 3.8) is 0 Å². The average molecular weight is 423 g/mol. The average Bonchev–Trinajstić information content (AvgIpc) is 3.06. The van der Waals surface area contributed by atoms with Crippen molar-refractivity contribution in [2.75, 3.05) is 31.1 Å². The third-order valence-corrected chi connectivity index (χ3v) is 5.79. The molecule has 2 aromatic rings. The number of carbonyl (C=O) groups is 1. The molecule has 1 aliphatic rings. The number of benzene rings is 1.